The molecule has 4 nitrogen and oxygen atoms in total. The number of hydrogen-bond acceptors (Lipinski definition) is 3. The van der Waals surface area contributed by atoms with E-state index in [9.17, 15) is 0 Å². The zero-order chi connectivity index (χ0) is 15.1. The van der Waals surface area contributed by atoms with Crippen molar-refractivity contribution < 1.29 is 4.74 Å². The van der Waals surface area contributed by atoms with Crippen molar-refractivity contribution in [3.63, 3.8) is 0 Å². The van der Waals surface area contributed by atoms with Gasteiger partial charge in [-0.05, 0) is 32.0 Å². The average molecular weight is 401 g/mol. The van der Waals surface area contributed by atoms with E-state index in [1.165, 1.54) is 0 Å². The maximum absolute atomic E-state index is 6.17. The molecular formula is C15H21Cl4N3O. The molecule has 8 heteroatoms. The van der Waals surface area contributed by atoms with Crippen molar-refractivity contribution in [3.8, 4) is 5.75 Å². The molecule has 0 saturated heterocycles. The van der Waals surface area contributed by atoms with Gasteiger partial charge in [-0.15, -0.1) is 24.8 Å². The maximum Gasteiger partial charge on any atom is 0.142 e. The number of imidazole rings is 1. The van der Waals surface area contributed by atoms with Crippen molar-refractivity contribution in [2.24, 2.45) is 0 Å². The van der Waals surface area contributed by atoms with E-state index in [0.717, 1.165) is 25.1 Å². The van der Waals surface area contributed by atoms with Gasteiger partial charge in [0.2, 0.25) is 0 Å². The van der Waals surface area contributed by atoms with Crippen LogP contribution in [-0.2, 0) is 13.1 Å². The van der Waals surface area contributed by atoms with Crippen molar-refractivity contribution in [3.05, 3.63) is 46.5 Å². The molecule has 0 bridgehead atoms. The molecule has 0 fully saturated rings. The van der Waals surface area contributed by atoms with Crippen LogP contribution in [0, 0.1) is 0 Å². The summed E-state index contributed by atoms with van der Waals surface area (Å²) in [4.78, 5) is 4.02. The molecule has 0 unspecified atom stereocenters. The van der Waals surface area contributed by atoms with Crippen molar-refractivity contribution in [1.29, 1.82) is 0 Å². The third-order valence-corrected chi connectivity index (χ3v) is 3.52. The summed E-state index contributed by atoms with van der Waals surface area (Å²) in [6, 6.07) is 3.60. The Morgan fingerprint density at radius 3 is 2.70 bits per heavy atom. The molecule has 1 N–H and O–H groups in total. The zero-order valence-electron chi connectivity index (χ0n) is 12.8. The van der Waals surface area contributed by atoms with Crippen LogP contribution in [0.15, 0.2) is 30.9 Å². The second-order valence-electron chi connectivity index (χ2n) is 4.64. The SMILES string of the molecule is CCOc1c(Cl)cc(Cl)cc1CNCCCn1ccnc1.Cl.Cl. The molecule has 0 radical (unpaired) electrons. The summed E-state index contributed by atoms with van der Waals surface area (Å²) in [6.07, 6.45) is 6.60. The van der Waals surface area contributed by atoms with Crippen LogP contribution in [-0.4, -0.2) is 22.7 Å². The van der Waals surface area contributed by atoms with Gasteiger partial charge >= 0.3 is 0 Å². The highest BCUT2D eigenvalue weighted by molar-refractivity contribution is 6.35. The fourth-order valence-electron chi connectivity index (χ4n) is 2.08. The van der Waals surface area contributed by atoms with E-state index in [-0.39, 0.29) is 24.8 Å². The first kappa shape index (κ1) is 22.4. The summed E-state index contributed by atoms with van der Waals surface area (Å²) >= 11 is 12.2. The Labute approximate surface area is 159 Å². The molecule has 1 heterocycles. The Morgan fingerprint density at radius 2 is 2.04 bits per heavy atom. The van der Waals surface area contributed by atoms with Crippen LogP contribution in [0.25, 0.3) is 0 Å². The number of ether oxygens (including phenoxy) is 1. The van der Waals surface area contributed by atoms with Gasteiger partial charge in [-0.25, -0.2) is 4.98 Å². The number of rotatable bonds is 8. The molecule has 0 spiro atoms. The smallest absolute Gasteiger partial charge is 0.142 e. The summed E-state index contributed by atoms with van der Waals surface area (Å²) in [5, 5.41) is 4.57. The van der Waals surface area contributed by atoms with Crippen LogP contribution >= 0.6 is 48.0 Å². The lowest BCUT2D eigenvalue weighted by Crippen LogP contribution is -2.17. The van der Waals surface area contributed by atoms with Crippen molar-refractivity contribution in [2.75, 3.05) is 13.2 Å². The number of hydrogen-bond donors (Lipinski definition) is 1. The monoisotopic (exact) mass is 399 g/mol. The van der Waals surface area contributed by atoms with E-state index in [1.807, 2.05) is 25.5 Å². The van der Waals surface area contributed by atoms with Gasteiger partial charge in [-0.2, -0.15) is 0 Å². The zero-order valence-corrected chi connectivity index (χ0v) is 15.9. The van der Waals surface area contributed by atoms with E-state index < -0.39 is 0 Å². The summed E-state index contributed by atoms with van der Waals surface area (Å²) in [5.41, 5.74) is 0.983. The molecule has 1 aromatic heterocycles. The molecule has 130 valence electrons. The molecule has 2 aromatic rings. The minimum atomic E-state index is 0. The average Bonchev–Trinajstić information content (AvgIpc) is 2.95. The first-order valence-corrected chi connectivity index (χ1v) is 7.73. The molecule has 0 saturated carbocycles. The van der Waals surface area contributed by atoms with Crippen LogP contribution in [0.4, 0.5) is 0 Å². The molecule has 23 heavy (non-hydrogen) atoms. The number of aryl methyl sites for hydroxylation is 1. The Hall–Kier alpha value is -0.650. The van der Waals surface area contributed by atoms with E-state index in [1.54, 1.807) is 12.3 Å². The second-order valence-corrected chi connectivity index (χ2v) is 5.48. The molecule has 0 atom stereocenters. The topological polar surface area (TPSA) is 39.1 Å². The summed E-state index contributed by atoms with van der Waals surface area (Å²) in [6.45, 7) is 5.04. The van der Waals surface area contributed by atoms with E-state index in [4.69, 9.17) is 27.9 Å². The third-order valence-electron chi connectivity index (χ3n) is 3.02. The van der Waals surface area contributed by atoms with Gasteiger partial charge in [0.25, 0.3) is 0 Å². The van der Waals surface area contributed by atoms with Gasteiger partial charge in [0.05, 0.1) is 18.0 Å². The normalized spacial score (nSPS) is 9.87. The van der Waals surface area contributed by atoms with Crippen LogP contribution in [0.2, 0.25) is 10.0 Å². The molecular weight excluding hydrogens is 380 g/mol. The first-order chi connectivity index (χ1) is 10.2. The first-order valence-electron chi connectivity index (χ1n) is 6.98. The van der Waals surface area contributed by atoms with Crippen LogP contribution < -0.4 is 10.1 Å². The second kappa shape index (κ2) is 11.8. The lowest BCUT2D eigenvalue weighted by Gasteiger charge is -2.13. The number of nitrogens with zero attached hydrogens (tertiary/aromatic N) is 2. The fourth-order valence-corrected chi connectivity index (χ4v) is 2.67. The molecule has 2 rings (SSSR count). The van der Waals surface area contributed by atoms with Crippen molar-refractivity contribution in [1.82, 2.24) is 14.9 Å². The molecule has 0 aliphatic carbocycles. The minimum absolute atomic E-state index is 0. The number of aromatic nitrogens is 2. The van der Waals surface area contributed by atoms with Crippen LogP contribution in [0.3, 0.4) is 0 Å². The predicted molar refractivity (Wildman–Crippen MR) is 101 cm³/mol. The quantitative estimate of drug-likeness (QED) is 0.657. The van der Waals surface area contributed by atoms with Crippen LogP contribution in [0.1, 0.15) is 18.9 Å². The lowest BCUT2D eigenvalue weighted by molar-refractivity contribution is 0.335. The lowest BCUT2D eigenvalue weighted by atomic mass is 10.2. The van der Waals surface area contributed by atoms with Crippen molar-refractivity contribution in [2.45, 2.75) is 26.4 Å². The Morgan fingerprint density at radius 1 is 1.26 bits per heavy atom. The van der Waals surface area contributed by atoms with E-state index >= 15 is 0 Å². The molecule has 0 aliphatic heterocycles. The number of benzene rings is 1. The maximum atomic E-state index is 6.17. The Balaban J connectivity index is 0.00000242. The van der Waals surface area contributed by atoms with Crippen molar-refractivity contribution >= 4 is 48.0 Å². The van der Waals surface area contributed by atoms with Gasteiger partial charge in [0.1, 0.15) is 5.75 Å². The van der Waals surface area contributed by atoms with Crippen LogP contribution in [0.5, 0.6) is 5.75 Å². The largest absolute Gasteiger partial charge is 0.492 e. The third kappa shape index (κ3) is 7.19. The fraction of sp³-hybridized carbons (Fsp3) is 0.400. The Bertz CT molecular complexity index is 564. The summed E-state index contributed by atoms with van der Waals surface area (Å²) in [7, 11) is 0. The highest BCUT2D eigenvalue weighted by atomic mass is 35.5. The van der Waals surface area contributed by atoms with Gasteiger partial charge in [0.15, 0.2) is 0 Å². The van der Waals surface area contributed by atoms with Gasteiger partial charge in [0, 0.05) is 36.1 Å². The Kier molecular flexibility index (Phi) is 11.5. The summed E-state index contributed by atoms with van der Waals surface area (Å²) < 4.78 is 7.65. The highest BCUT2D eigenvalue weighted by Crippen LogP contribution is 2.32. The van der Waals surface area contributed by atoms with E-state index in [0.29, 0.717) is 28.9 Å². The van der Waals surface area contributed by atoms with Gasteiger partial charge < -0.3 is 14.6 Å². The van der Waals surface area contributed by atoms with Gasteiger partial charge in [-0.1, -0.05) is 23.2 Å². The van der Waals surface area contributed by atoms with E-state index in [2.05, 4.69) is 14.9 Å². The minimum Gasteiger partial charge on any atom is -0.492 e. The highest BCUT2D eigenvalue weighted by Gasteiger charge is 2.10. The molecule has 0 aliphatic rings. The number of nitrogens with one attached hydrogen (secondary N) is 1. The predicted octanol–water partition coefficient (Wildman–Crippen LogP) is 4.61. The number of halogens is 4. The van der Waals surface area contributed by atoms with Gasteiger partial charge in [-0.3, -0.25) is 0 Å². The standard InChI is InChI=1S/C15H19Cl2N3O.2ClH/c1-2-21-15-12(8-13(16)9-14(15)17)10-18-4-3-6-20-7-5-19-11-20;;/h5,7-9,11,18H,2-4,6,10H2,1H3;2*1H. The molecule has 1 aromatic carbocycles. The molecule has 0 amide bonds. The summed E-state index contributed by atoms with van der Waals surface area (Å²) in [5.74, 6) is 0.714.